The van der Waals surface area contributed by atoms with Crippen molar-refractivity contribution in [1.29, 1.82) is 0 Å². The Kier molecular flexibility index (Phi) is 5.57. The summed E-state index contributed by atoms with van der Waals surface area (Å²) in [5.41, 5.74) is 9.65. The molecule has 3 nitrogen and oxygen atoms in total. The predicted octanol–water partition coefficient (Wildman–Crippen LogP) is 11.5. The first-order valence-corrected chi connectivity index (χ1v) is 16.0. The lowest BCUT2D eigenvalue weighted by Gasteiger charge is -2.16. The van der Waals surface area contributed by atoms with Gasteiger partial charge in [-0.05, 0) is 81.2 Å². The molecule has 0 atom stereocenters. The summed E-state index contributed by atoms with van der Waals surface area (Å²) in [6.07, 6.45) is 1.85. The molecule has 0 aliphatic carbocycles. The third kappa shape index (κ3) is 4.00. The molecule has 7 aromatic carbocycles. The minimum absolute atomic E-state index is 0.917. The number of hydrogen-bond donors (Lipinski definition) is 0. The molecule has 0 radical (unpaired) electrons. The highest BCUT2D eigenvalue weighted by Crippen LogP contribution is 2.40. The van der Waals surface area contributed by atoms with Crippen LogP contribution in [0.5, 0.6) is 0 Å². The SMILES string of the molecule is c1ccc2c(c1)cc(-c1cc(-c3ccc4ccc5cccnc5c4n3)cc(-n3c4ccccc4c4ccccc43)c1)c1ccccc12. The standard InChI is InChI=1S/C44H27N3/c1-2-12-34-30(10-1)27-39(36-14-4-3-13-35(34)36)31-24-32(40-22-21-29-20-19-28-11-9-23-45-43(28)44(29)46-40)26-33(25-31)47-41-17-7-5-15-37(41)38-16-6-8-18-42(38)47/h1-27H. The average molecular weight is 598 g/mol. The lowest BCUT2D eigenvalue weighted by atomic mass is 9.92. The molecular weight excluding hydrogens is 571 g/mol. The zero-order chi connectivity index (χ0) is 30.9. The minimum atomic E-state index is 0.917. The van der Waals surface area contributed by atoms with Gasteiger partial charge in [0.25, 0.3) is 0 Å². The fourth-order valence-corrected chi connectivity index (χ4v) is 7.42. The van der Waals surface area contributed by atoms with Crippen molar-refractivity contribution < 1.29 is 0 Å². The van der Waals surface area contributed by atoms with E-state index in [0.29, 0.717) is 0 Å². The largest absolute Gasteiger partial charge is 0.309 e. The normalized spacial score (nSPS) is 11.8. The fourth-order valence-electron chi connectivity index (χ4n) is 7.42. The molecule has 3 heteroatoms. The molecule has 0 aliphatic heterocycles. The van der Waals surface area contributed by atoms with E-state index in [4.69, 9.17) is 9.97 Å². The second-order valence-corrected chi connectivity index (χ2v) is 12.2. The quantitative estimate of drug-likeness (QED) is 0.190. The number of aromatic nitrogens is 3. The molecule has 0 amide bonds. The monoisotopic (exact) mass is 597 g/mol. The number of hydrogen-bond acceptors (Lipinski definition) is 2. The van der Waals surface area contributed by atoms with E-state index in [2.05, 4.69) is 156 Å². The van der Waals surface area contributed by atoms with Gasteiger partial charge in [0.15, 0.2) is 0 Å². The Hall–Kier alpha value is -6.32. The molecule has 0 spiro atoms. The molecule has 10 aromatic rings. The van der Waals surface area contributed by atoms with Gasteiger partial charge in [-0.3, -0.25) is 4.98 Å². The van der Waals surface area contributed by atoms with E-state index in [0.717, 1.165) is 44.3 Å². The van der Waals surface area contributed by atoms with Crippen LogP contribution in [0.15, 0.2) is 164 Å². The van der Waals surface area contributed by atoms with Gasteiger partial charge in [0.2, 0.25) is 0 Å². The van der Waals surface area contributed by atoms with E-state index in [1.807, 2.05) is 12.3 Å². The van der Waals surface area contributed by atoms with Gasteiger partial charge in [-0.25, -0.2) is 4.98 Å². The third-order valence-corrected chi connectivity index (χ3v) is 9.56. The van der Waals surface area contributed by atoms with Crippen molar-refractivity contribution in [3.63, 3.8) is 0 Å². The maximum absolute atomic E-state index is 5.30. The Balaban J connectivity index is 1.31. The highest BCUT2D eigenvalue weighted by molar-refractivity contribution is 6.14. The Morgan fingerprint density at radius 2 is 1.00 bits per heavy atom. The van der Waals surface area contributed by atoms with Crippen molar-refractivity contribution in [1.82, 2.24) is 14.5 Å². The Morgan fingerprint density at radius 1 is 0.404 bits per heavy atom. The second kappa shape index (κ2) is 10.1. The van der Waals surface area contributed by atoms with Crippen LogP contribution >= 0.6 is 0 Å². The van der Waals surface area contributed by atoms with Gasteiger partial charge in [0, 0.05) is 39.0 Å². The summed E-state index contributed by atoms with van der Waals surface area (Å²) in [5, 5.41) is 9.64. The molecule has 0 bridgehead atoms. The topological polar surface area (TPSA) is 30.7 Å². The van der Waals surface area contributed by atoms with Crippen LogP contribution < -0.4 is 0 Å². The van der Waals surface area contributed by atoms with E-state index in [1.54, 1.807) is 0 Å². The molecule has 47 heavy (non-hydrogen) atoms. The van der Waals surface area contributed by atoms with Crippen molar-refractivity contribution >= 4 is 65.2 Å². The van der Waals surface area contributed by atoms with Crippen LogP contribution in [0.4, 0.5) is 0 Å². The molecule has 0 N–H and O–H groups in total. The average Bonchev–Trinajstić information content (AvgIpc) is 3.48. The fraction of sp³-hybridized carbons (Fsp3) is 0. The van der Waals surface area contributed by atoms with Crippen molar-refractivity contribution in [3.05, 3.63) is 164 Å². The van der Waals surface area contributed by atoms with Crippen molar-refractivity contribution in [3.8, 4) is 28.1 Å². The maximum Gasteiger partial charge on any atom is 0.0972 e. The van der Waals surface area contributed by atoms with Crippen molar-refractivity contribution in [2.24, 2.45) is 0 Å². The number of nitrogens with zero attached hydrogens (tertiary/aromatic N) is 3. The number of fused-ring (bicyclic) bond motifs is 9. The van der Waals surface area contributed by atoms with Gasteiger partial charge in [0.1, 0.15) is 0 Å². The third-order valence-electron chi connectivity index (χ3n) is 9.56. The first-order valence-electron chi connectivity index (χ1n) is 16.0. The summed E-state index contributed by atoms with van der Waals surface area (Å²) in [5.74, 6) is 0. The van der Waals surface area contributed by atoms with E-state index >= 15 is 0 Å². The van der Waals surface area contributed by atoms with Gasteiger partial charge >= 0.3 is 0 Å². The Labute approximate surface area is 271 Å². The molecule has 0 saturated carbocycles. The number of pyridine rings is 2. The lowest BCUT2D eigenvalue weighted by Crippen LogP contribution is -1.97. The van der Waals surface area contributed by atoms with E-state index in [-0.39, 0.29) is 0 Å². The predicted molar refractivity (Wildman–Crippen MR) is 197 cm³/mol. The first kappa shape index (κ1) is 26.0. The van der Waals surface area contributed by atoms with Gasteiger partial charge in [-0.2, -0.15) is 0 Å². The van der Waals surface area contributed by atoms with Gasteiger partial charge in [-0.1, -0.05) is 109 Å². The van der Waals surface area contributed by atoms with Gasteiger partial charge < -0.3 is 4.57 Å². The minimum Gasteiger partial charge on any atom is -0.309 e. The maximum atomic E-state index is 5.30. The summed E-state index contributed by atoms with van der Waals surface area (Å²) >= 11 is 0. The molecule has 3 heterocycles. The molecule has 0 aliphatic rings. The molecular formula is C44H27N3. The molecule has 0 fully saturated rings. The van der Waals surface area contributed by atoms with Crippen LogP contribution in [-0.2, 0) is 0 Å². The highest BCUT2D eigenvalue weighted by Gasteiger charge is 2.17. The molecule has 10 rings (SSSR count). The number of benzene rings is 7. The summed E-state index contributed by atoms with van der Waals surface area (Å²) in [4.78, 5) is 10.0. The van der Waals surface area contributed by atoms with Crippen LogP contribution in [0, 0.1) is 0 Å². The van der Waals surface area contributed by atoms with E-state index < -0.39 is 0 Å². The van der Waals surface area contributed by atoms with Crippen LogP contribution in [-0.4, -0.2) is 14.5 Å². The number of rotatable bonds is 3. The van der Waals surface area contributed by atoms with E-state index in [1.165, 1.54) is 48.9 Å². The molecule has 0 unspecified atom stereocenters. The van der Waals surface area contributed by atoms with Crippen LogP contribution in [0.1, 0.15) is 0 Å². The van der Waals surface area contributed by atoms with Crippen LogP contribution in [0.3, 0.4) is 0 Å². The van der Waals surface area contributed by atoms with Gasteiger partial charge in [-0.15, -0.1) is 0 Å². The Morgan fingerprint density at radius 3 is 1.79 bits per heavy atom. The first-order chi connectivity index (χ1) is 23.3. The summed E-state index contributed by atoms with van der Waals surface area (Å²) in [7, 11) is 0. The molecule has 3 aromatic heterocycles. The summed E-state index contributed by atoms with van der Waals surface area (Å²) < 4.78 is 2.40. The van der Waals surface area contributed by atoms with Crippen molar-refractivity contribution in [2.45, 2.75) is 0 Å². The van der Waals surface area contributed by atoms with Crippen LogP contribution in [0.25, 0.3) is 93.2 Å². The molecule has 0 saturated heterocycles. The zero-order valence-corrected chi connectivity index (χ0v) is 25.4. The van der Waals surface area contributed by atoms with Gasteiger partial charge in [0.05, 0.1) is 27.8 Å². The summed E-state index contributed by atoms with van der Waals surface area (Å²) in [6.45, 7) is 0. The smallest absolute Gasteiger partial charge is 0.0972 e. The van der Waals surface area contributed by atoms with E-state index in [9.17, 15) is 0 Å². The van der Waals surface area contributed by atoms with Crippen LogP contribution in [0.2, 0.25) is 0 Å². The lowest BCUT2D eigenvalue weighted by molar-refractivity contribution is 1.18. The number of para-hydroxylation sites is 2. The second-order valence-electron chi connectivity index (χ2n) is 12.2. The Bertz CT molecular complexity index is 2810. The summed E-state index contributed by atoms with van der Waals surface area (Å²) in [6, 6.07) is 56.8. The highest BCUT2D eigenvalue weighted by atomic mass is 15.0. The molecule has 218 valence electrons. The zero-order valence-electron chi connectivity index (χ0n) is 25.4. The van der Waals surface area contributed by atoms with Crippen molar-refractivity contribution in [2.75, 3.05) is 0 Å².